The van der Waals surface area contributed by atoms with Gasteiger partial charge in [0.05, 0.1) is 0 Å². The van der Waals surface area contributed by atoms with Gasteiger partial charge in [-0.1, -0.05) is 30.4 Å². The van der Waals surface area contributed by atoms with Gasteiger partial charge >= 0.3 is 5.97 Å². The highest BCUT2D eigenvalue weighted by molar-refractivity contribution is 5.80. The van der Waals surface area contributed by atoms with Crippen LogP contribution in [0, 0.1) is 0 Å². The van der Waals surface area contributed by atoms with Crippen LogP contribution in [0.1, 0.15) is 6.92 Å². The first-order chi connectivity index (χ1) is 4.77. The molecule has 0 aromatic rings. The summed E-state index contributed by atoms with van der Waals surface area (Å²) in [5.74, 6) is -0.926. The molecule has 0 spiro atoms. The monoisotopic (exact) mass is 138 g/mol. The number of carboxylic acid groups (broad SMARTS) is 1. The van der Waals surface area contributed by atoms with Crippen LogP contribution in [0.4, 0.5) is 0 Å². The van der Waals surface area contributed by atoms with Gasteiger partial charge in [0.2, 0.25) is 0 Å². The maximum atomic E-state index is 9.89. The first-order valence-corrected chi connectivity index (χ1v) is 2.96. The molecule has 0 fully saturated rings. The summed E-state index contributed by atoms with van der Waals surface area (Å²) >= 11 is 0. The molecule has 0 atom stereocenters. The molecule has 2 heteroatoms. The van der Waals surface area contributed by atoms with Gasteiger partial charge in [0, 0.05) is 6.08 Å². The van der Waals surface area contributed by atoms with Crippen LogP contribution in [0.3, 0.4) is 0 Å². The van der Waals surface area contributed by atoms with Gasteiger partial charge in [0.25, 0.3) is 0 Å². The Labute approximate surface area is 60.2 Å². The SMILES string of the molecule is C\C=C/C=C\C=C/C(=O)O. The minimum absolute atomic E-state index is 0.926. The summed E-state index contributed by atoms with van der Waals surface area (Å²) in [6, 6.07) is 0. The van der Waals surface area contributed by atoms with Crippen molar-refractivity contribution in [3.8, 4) is 0 Å². The molecule has 0 aliphatic carbocycles. The molecule has 0 rings (SSSR count). The number of hydrogen-bond acceptors (Lipinski definition) is 1. The van der Waals surface area contributed by atoms with Crippen LogP contribution < -0.4 is 0 Å². The third-order valence-electron chi connectivity index (χ3n) is 0.765. The summed E-state index contributed by atoms with van der Waals surface area (Å²) in [6.45, 7) is 1.89. The molecule has 0 aromatic carbocycles. The van der Waals surface area contributed by atoms with E-state index in [1.807, 2.05) is 19.1 Å². The lowest BCUT2D eigenvalue weighted by atomic mass is 10.4. The summed E-state index contributed by atoms with van der Waals surface area (Å²) in [5, 5.41) is 8.13. The van der Waals surface area contributed by atoms with Crippen LogP contribution in [0.15, 0.2) is 36.5 Å². The van der Waals surface area contributed by atoms with E-state index in [1.165, 1.54) is 6.08 Å². The molecular formula is C8H10O2. The molecule has 0 unspecified atom stereocenters. The Morgan fingerprint density at radius 3 is 2.30 bits per heavy atom. The normalized spacial score (nSPS) is 12.1. The Kier molecular flexibility index (Phi) is 5.06. The highest BCUT2D eigenvalue weighted by Gasteiger charge is 1.78. The van der Waals surface area contributed by atoms with Gasteiger partial charge in [0.15, 0.2) is 0 Å². The summed E-state index contributed by atoms with van der Waals surface area (Å²) in [7, 11) is 0. The lowest BCUT2D eigenvalue weighted by Crippen LogP contribution is -1.84. The molecule has 0 aliphatic rings. The predicted molar refractivity (Wildman–Crippen MR) is 40.7 cm³/mol. The second-order valence-corrected chi connectivity index (χ2v) is 1.61. The highest BCUT2D eigenvalue weighted by Crippen LogP contribution is 1.79. The van der Waals surface area contributed by atoms with E-state index in [1.54, 1.807) is 12.2 Å². The summed E-state index contributed by atoms with van der Waals surface area (Å²) < 4.78 is 0. The molecule has 1 N–H and O–H groups in total. The van der Waals surface area contributed by atoms with Crippen LogP contribution in [-0.4, -0.2) is 11.1 Å². The van der Waals surface area contributed by atoms with E-state index < -0.39 is 5.97 Å². The minimum atomic E-state index is -0.926. The zero-order chi connectivity index (χ0) is 7.82. The van der Waals surface area contributed by atoms with E-state index in [0.29, 0.717) is 0 Å². The molecule has 0 amide bonds. The van der Waals surface area contributed by atoms with Crippen molar-refractivity contribution in [1.82, 2.24) is 0 Å². The summed E-state index contributed by atoms with van der Waals surface area (Å²) in [5.41, 5.74) is 0. The molecule has 0 bridgehead atoms. The van der Waals surface area contributed by atoms with Crippen LogP contribution in [0.2, 0.25) is 0 Å². The van der Waals surface area contributed by atoms with Crippen LogP contribution in [0.5, 0.6) is 0 Å². The minimum Gasteiger partial charge on any atom is -0.478 e. The maximum Gasteiger partial charge on any atom is 0.328 e. The molecule has 0 aliphatic heterocycles. The Hall–Kier alpha value is -1.31. The molecular weight excluding hydrogens is 128 g/mol. The molecule has 0 heterocycles. The average molecular weight is 138 g/mol. The van der Waals surface area contributed by atoms with E-state index in [-0.39, 0.29) is 0 Å². The molecule has 2 nitrogen and oxygen atoms in total. The van der Waals surface area contributed by atoms with E-state index in [9.17, 15) is 4.79 Å². The fourth-order valence-corrected chi connectivity index (χ4v) is 0.377. The Morgan fingerprint density at radius 1 is 1.20 bits per heavy atom. The van der Waals surface area contributed by atoms with Crippen molar-refractivity contribution in [2.75, 3.05) is 0 Å². The fraction of sp³-hybridized carbons (Fsp3) is 0.125. The Bertz CT molecular complexity index is 176. The maximum absolute atomic E-state index is 9.89. The second-order valence-electron chi connectivity index (χ2n) is 1.61. The van der Waals surface area contributed by atoms with Crippen molar-refractivity contribution >= 4 is 5.97 Å². The first kappa shape index (κ1) is 8.69. The van der Waals surface area contributed by atoms with Crippen LogP contribution >= 0.6 is 0 Å². The molecule has 10 heavy (non-hydrogen) atoms. The third-order valence-corrected chi connectivity index (χ3v) is 0.765. The lowest BCUT2D eigenvalue weighted by Gasteiger charge is -1.73. The van der Waals surface area contributed by atoms with Crippen molar-refractivity contribution in [1.29, 1.82) is 0 Å². The highest BCUT2D eigenvalue weighted by atomic mass is 16.4. The zero-order valence-electron chi connectivity index (χ0n) is 5.82. The quantitative estimate of drug-likeness (QED) is 0.476. The van der Waals surface area contributed by atoms with E-state index >= 15 is 0 Å². The summed E-state index contributed by atoms with van der Waals surface area (Å²) in [4.78, 5) is 9.89. The first-order valence-electron chi connectivity index (χ1n) is 2.96. The van der Waals surface area contributed by atoms with Crippen molar-refractivity contribution in [2.45, 2.75) is 6.92 Å². The second kappa shape index (κ2) is 5.82. The van der Waals surface area contributed by atoms with Gasteiger partial charge in [-0.3, -0.25) is 0 Å². The molecule has 0 aromatic heterocycles. The van der Waals surface area contributed by atoms with Crippen LogP contribution in [0.25, 0.3) is 0 Å². The Balaban J connectivity index is 3.62. The van der Waals surface area contributed by atoms with Crippen molar-refractivity contribution in [3.05, 3.63) is 36.5 Å². The molecule has 0 saturated heterocycles. The van der Waals surface area contributed by atoms with Gasteiger partial charge in [-0.25, -0.2) is 4.79 Å². The smallest absolute Gasteiger partial charge is 0.328 e. The van der Waals surface area contributed by atoms with Gasteiger partial charge in [-0.15, -0.1) is 0 Å². The average Bonchev–Trinajstić information content (AvgIpc) is 1.87. The van der Waals surface area contributed by atoms with Gasteiger partial charge in [0.1, 0.15) is 0 Å². The van der Waals surface area contributed by atoms with E-state index in [0.717, 1.165) is 6.08 Å². The van der Waals surface area contributed by atoms with E-state index in [2.05, 4.69) is 0 Å². The number of hydrogen-bond donors (Lipinski definition) is 1. The fourth-order valence-electron chi connectivity index (χ4n) is 0.377. The van der Waals surface area contributed by atoms with Gasteiger partial charge < -0.3 is 5.11 Å². The lowest BCUT2D eigenvalue weighted by molar-refractivity contribution is -0.131. The van der Waals surface area contributed by atoms with Crippen LogP contribution in [-0.2, 0) is 4.79 Å². The number of aliphatic carboxylic acids is 1. The number of rotatable bonds is 3. The molecule has 54 valence electrons. The third kappa shape index (κ3) is 6.69. The molecule has 0 saturated carbocycles. The Morgan fingerprint density at radius 2 is 1.80 bits per heavy atom. The molecule has 0 radical (unpaired) electrons. The predicted octanol–water partition coefficient (Wildman–Crippen LogP) is 1.76. The largest absolute Gasteiger partial charge is 0.478 e. The number of allylic oxidation sites excluding steroid dienone is 5. The summed E-state index contributed by atoms with van der Waals surface area (Å²) in [6.07, 6.45) is 9.67. The number of carbonyl (C=O) groups is 1. The van der Waals surface area contributed by atoms with Crippen molar-refractivity contribution in [3.63, 3.8) is 0 Å². The van der Waals surface area contributed by atoms with Gasteiger partial charge in [-0.2, -0.15) is 0 Å². The number of carboxylic acids is 1. The standard InChI is InChI=1S/C8H10O2/c1-2-3-4-5-6-7-8(9)10/h2-7H,1H3,(H,9,10)/b3-2-,5-4-,7-6-. The topological polar surface area (TPSA) is 37.3 Å². The van der Waals surface area contributed by atoms with Crippen molar-refractivity contribution < 1.29 is 9.90 Å². The van der Waals surface area contributed by atoms with Gasteiger partial charge in [-0.05, 0) is 6.92 Å². The zero-order valence-corrected chi connectivity index (χ0v) is 5.82. The van der Waals surface area contributed by atoms with E-state index in [4.69, 9.17) is 5.11 Å². The van der Waals surface area contributed by atoms with Crippen molar-refractivity contribution in [2.24, 2.45) is 0 Å².